The summed E-state index contributed by atoms with van der Waals surface area (Å²) in [5, 5.41) is 0. The summed E-state index contributed by atoms with van der Waals surface area (Å²) in [6, 6.07) is 0. The molecule has 0 N–H and O–H groups in total. The summed E-state index contributed by atoms with van der Waals surface area (Å²) >= 11 is 0. The molecule has 1 saturated carbocycles. The van der Waals surface area contributed by atoms with Gasteiger partial charge in [0, 0.05) is 5.57 Å². The number of ether oxygens (including phenoxy) is 1. The minimum Gasteiger partial charge on any atom is -0.462 e. The molecule has 2 heteroatoms. The summed E-state index contributed by atoms with van der Waals surface area (Å²) in [5.74, 6) is 1.68. The van der Waals surface area contributed by atoms with Crippen LogP contribution in [-0.2, 0) is 9.53 Å². The number of carbonyl (C=O) groups excluding carboxylic acids is 1. The molecule has 0 aromatic heterocycles. The Morgan fingerprint density at radius 3 is 2.00 bits per heavy atom. The highest BCUT2D eigenvalue weighted by atomic mass is 16.5. The summed E-state index contributed by atoms with van der Waals surface area (Å²) in [6.07, 6.45) is 16.3. The third kappa shape index (κ3) is 8.60. The van der Waals surface area contributed by atoms with Crippen molar-refractivity contribution in [3.63, 3.8) is 0 Å². The molecule has 1 aliphatic carbocycles. The van der Waals surface area contributed by atoms with Crippen LogP contribution in [0.2, 0.25) is 0 Å². The largest absolute Gasteiger partial charge is 0.462 e. The van der Waals surface area contributed by atoms with Gasteiger partial charge in [-0.05, 0) is 31.6 Å². The zero-order valence-electron chi connectivity index (χ0n) is 14.9. The number of carbonyl (C=O) groups is 1. The molecule has 1 fully saturated rings. The number of esters is 1. The van der Waals surface area contributed by atoms with Gasteiger partial charge < -0.3 is 4.74 Å². The van der Waals surface area contributed by atoms with Crippen LogP contribution in [0.15, 0.2) is 12.2 Å². The Morgan fingerprint density at radius 2 is 1.50 bits per heavy atom. The van der Waals surface area contributed by atoms with E-state index < -0.39 is 0 Å². The first-order chi connectivity index (χ1) is 10.6. The van der Waals surface area contributed by atoms with Crippen LogP contribution in [0, 0.1) is 11.8 Å². The van der Waals surface area contributed by atoms with Crippen molar-refractivity contribution in [3.8, 4) is 0 Å². The van der Waals surface area contributed by atoms with E-state index in [4.69, 9.17) is 4.74 Å². The van der Waals surface area contributed by atoms with Crippen LogP contribution in [0.5, 0.6) is 0 Å². The highest BCUT2D eigenvalue weighted by Gasteiger charge is 2.20. The van der Waals surface area contributed by atoms with Gasteiger partial charge in [-0.2, -0.15) is 0 Å². The van der Waals surface area contributed by atoms with E-state index in [2.05, 4.69) is 13.5 Å². The van der Waals surface area contributed by atoms with Crippen LogP contribution in [0.4, 0.5) is 0 Å². The summed E-state index contributed by atoms with van der Waals surface area (Å²) < 4.78 is 5.14. The molecule has 1 aliphatic rings. The van der Waals surface area contributed by atoms with Gasteiger partial charge in [-0.15, -0.1) is 0 Å². The molecule has 0 spiro atoms. The monoisotopic (exact) mass is 308 g/mol. The lowest BCUT2D eigenvalue weighted by Gasteiger charge is -2.28. The van der Waals surface area contributed by atoms with Crippen molar-refractivity contribution in [2.24, 2.45) is 11.8 Å². The Labute approximate surface area is 137 Å². The highest BCUT2D eigenvalue weighted by molar-refractivity contribution is 5.86. The number of rotatable bonds is 11. The minimum atomic E-state index is -0.247. The second-order valence-corrected chi connectivity index (χ2v) is 7.15. The minimum absolute atomic E-state index is 0.247. The van der Waals surface area contributed by atoms with Gasteiger partial charge in [0.1, 0.15) is 0 Å². The first-order valence-corrected chi connectivity index (χ1v) is 9.46. The molecule has 0 amide bonds. The number of hydrogen-bond donors (Lipinski definition) is 0. The van der Waals surface area contributed by atoms with Gasteiger partial charge in [0.05, 0.1) is 6.61 Å². The lowest BCUT2D eigenvalue weighted by atomic mass is 9.78. The molecule has 0 aliphatic heterocycles. The van der Waals surface area contributed by atoms with E-state index in [1.165, 1.54) is 70.6 Å². The Hall–Kier alpha value is -0.790. The predicted molar refractivity (Wildman–Crippen MR) is 93.8 cm³/mol. The van der Waals surface area contributed by atoms with Gasteiger partial charge in [-0.1, -0.05) is 77.7 Å². The Bertz CT molecular complexity index is 314. The van der Waals surface area contributed by atoms with Gasteiger partial charge in [0.25, 0.3) is 0 Å². The van der Waals surface area contributed by atoms with Crippen molar-refractivity contribution < 1.29 is 9.53 Å². The van der Waals surface area contributed by atoms with Gasteiger partial charge in [0.2, 0.25) is 0 Å². The van der Waals surface area contributed by atoms with Crippen LogP contribution < -0.4 is 0 Å². The van der Waals surface area contributed by atoms with Gasteiger partial charge in [-0.3, -0.25) is 0 Å². The van der Waals surface area contributed by atoms with E-state index in [9.17, 15) is 4.79 Å². The molecular weight excluding hydrogens is 272 g/mol. The second-order valence-electron chi connectivity index (χ2n) is 7.15. The van der Waals surface area contributed by atoms with Crippen molar-refractivity contribution in [1.29, 1.82) is 0 Å². The maximum atomic E-state index is 11.2. The van der Waals surface area contributed by atoms with Crippen LogP contribution >= 0.6 is 0 Å². The molecule has 0 aromatic rings. The zero-order valence-corrected chi connectivity index (χ0v) is 14.9. The number of unbranched alkanes of at least 4 members (excludes halogenated alkanes) is 4. The molecule has 0 saturated heterocycles. The summed E-state index contributed by atoms with van der Waals surface area (Å²) in [6.45, 7) is 8.13. The fraction of sp³-hybridized carbons (Fsp3) is 0.850. The van der Waals surface area contributed by atoms with E-state index >= 15 is 0 Å². The molecular formula is C20H36O2. The van der Waals surface area contributed by atoms with E-state index in [1.54, 1.807) is 6.92 Å². The summed E-state index contributed by atoms with van der Waals surface area (Å²) in [7, 11) is 0. The van der Waals surface area contributed by atoms with Gasteiger partial charge in [-0.25, -0.2) is 4.79 Å². The Balaban J connectivity index is 1.97. The van der Waals surface area contributed by atoms with E-state index in [0.29, 0.717) is 12.2 Å². The second kappa shape index (κ2) is 11.7. The predicted octanol–water partition coefficient (Wildman–Crippen LogP) is 6.05. The average molecular weight is 309 g/mol. The van der Waals surface area contributed by atoms with Crippen LogP contribution in [0.1, 0.15) is 90.9 Å². The molecule has 0 radical (unpaired) electrons. The SMILES string of the molecule is C=C(C)C(=O)OCCCCC1CCC(CCCCCC)CC1. The quantitative estimate of drug-likeness (QED) is 0.264. The smallest absolute Gasteiger partial charge is 0.333 e. The van der Waals surface area contributed by atoms with Gasteiger partial charge >= 0.3 is 5.97 Å². The van der Waals surface area contributed by atoms with Crippen molar-refractivity contribution >= 4 is 5.97 Å². The zero-order chi connectivity index (χ0) is 16.2. The summed E-state index contributed by atoms with van der Waals surface area (Å²) in [4.78, 5) is 11.2. The first-order valence-electron chi connectivity index (χ1n) is 9.46. The fourth-order valence-electron chi connectivity index (χ4n) is 3.49. The topological polar surface area (TPSA) is 26.3 Å². The molecule has 0 atom stereocenters. The van der Waals surface area contributed by atoms with Crippen LogP contribution in [0.25, 0.3) is 0 Å². The van der Waals surface area contributed by atoms with E-state index in [0.717, 1.165) is 18.3 Å². The third-order valence-corrected chi connectivity index (χ3v) is 5.02. The standard InChI is InChI=1S/C20H36O2/c1-4-5-6-7-10-18-12-14-19(15-13-18)11-8-9-16-22-20(21)17(2)3/h18-19H,2,4-16H2,1,3H3. The van der Waals surface area contributed by atoms with E-state index in [1.807, 2.05) is 0 Å². The van der Waals surface area contributed by atoms with Crippen molar-refractivity contribution in [2.45, 2.75) is 90.9 Å². The average Bonchev–Trinajstić information content (AvgIpc) is 2.52. The normalized spacial score (nSPS) is 21.5. The Kier molecular flexibility index (Phi) is 10.3. The molecule has 0 bridgehead atoms. The molecule has 0 aromatic carbocycles. The maximum Gasteiger partial charge on any atom is 0.333 e. The lowest BCUT2D eigenvalue weighted by molar-refractivity contribution is -0.139. The van der Waals surface area contributed by atoms with E-state index in [-0.39, 0.29) is 5.97 Å². The first kappa shape index (κ1) is 19.3. The number of hydrogen-bond acceptors (Lipinski definition) is 2. The summed E-state index contributed by atoms with van der Waals surface area (Å²) in [5.41, 5.74) is 0.497. The molecule has 0 heterocycles. The molecule has 1 rings (SSSR count). The molecule has 128 valence electrons. The molecule has 0 unspecified atom stereocenters. The highest BCUT2D eigenvalue weighted by Crippen LogP contribution is 2.34. The third-order valence-electron chi connectivity index (χ3n) is 5.02. The molecule has 2 nitrogen and oxygen atoms in total. The Morgan fingerprint density at radius 1 is 0.955 bits per heavy atom. The van der Waals surface area contributed by atoms with Crippen molar-refractivity contribution in [3.05, 3.63) is 12.2 Å². The van der Waals surface area contributed by atoms with Crippen molar-refractivity contribution in [1.82, 2.24) is 0 Å². The van der Waals surface area contributed by atoms with Gasteiger partial charge in [0.15, 0.2) is 0 Å². The van der Waals surface area contributed by atoms with Crippen LogP contribution in [-0.4, -0.2) is 12.6 Å². The fourth-order valence-corrected chi connectivity index (χ4v) is 3.49. The maximum absolute atomic E-state index is 11.2. The lowest BCUT2D eigenvalue weighted by Crippen LogP contribution is -2.15. The molecule has 22 heavy (non-hydrogen) atoms. The van der Waals surface area contributed by atoms with Crippen LogP contribution in [0.3, 0.4) is 0 Å². The van der Waals surface area contributed by atoms with Crippen molar-refractivity contribution in [2.75, 3.05) is 6.61 Å².